The second-order valence-electron chi connectivity index (χ2n) is 3.82. The van der Waals surface area contributed by atoms with Crippen molar-refractivity contribution in [3.63, 3.8) is 0 Å². The highest BCUT2D eigenvalue weighted by Gasteiger charge is 2.24. The van der Waals surface area contributed by atoms with Crippen molar-refractivity contribution in [3.8, 4) is 6.07 Å². The number of rotatable bonds is 1. The van der Waals surface area contributed by atoms with Crippen LogP contribution in [0.15, 0.2) is 0 Å². The highest BCUT2D eigenvalue weighted by Crippen LogP contribution is 2.14. The topological polar surface area (TPSA) is 44.1 Å². The van der Waals surface area contributed by atoms with Gasteiger partial charge in [-0.2, -0.15) is 5.26 Å². The first-order chi connectivity index (χ1) is 6.15. The minimum Gasteiger partial charge on any atom is -0.300 e. The molecule has 0 radical (unpaired) electrons. The third-order valence-electron chi connectivity index (χ3n) is 2.63. The Morgan fingerprint density at radius 3 is 2.77 bits per heavy atom. The average molecular weight is 180 g/mol. The van der Waals surface area contributed by atoms with Crippen LogP contribution < -0.4 is 0 Å². The summed E-state index contributed by atoms with van der Waals surface area (Å²) in [6, 6.07) is 2.55. The van der Waals surface area contributed by atoms with Gasteiger partial charge in [0, 0.05) is 25.6 Å². The lowest BCUT2D eigenvalue weighted by molar-refractivity contribution is -0.121. The summed E-state index contributed by atoms with van der Waals surface area (Å²) in [6.07, 6.45) is 1.24. The van der Waals surface area contributed by atoms with Gasteiger partial charge >= 0.3 is 0 Å². The Morgan fingerprint density at radius 2 is 2.23 bits per heavy atom. The van der Waals surface area contributed by atoms with Crippen molar-refractivity contribution in [2.45, 2.75) is 32.7 Å². The lowest BCUT2D eigenvalue weighted by Crippen LogP contribution is -2.31. The third kappa shape index (κ3) is 2.53. The highest BCUT2D eigenvalue weighted by atomic mass is 16.1. The van der Waals surface area contributed by atoms with E-state index in [0.29, 0.717) is 18.9 Å². The van der Waals surface area contributed by atoms with Gasteiger partial charge in [-0.05, 0) is 20.3 Å². The van der Waals surface area contributed by atoms with E-state index in [1.807, 2.05) is 0 Å². The van der Waals surface area contributed by atoms with Crippen molar-refractivity contribution in [2.24, 2.45) is 5.92 Å². The van der Waals surface area contributed by atoms with E-state index in [-0.39, 0.29) is 11.7 Å². The molecule has 1 aliphatic heterocycles. The third-order valence-corrected chi connectivity index (χ3v) is 2.63. The lowest BCUT2D eigenvalue weighted by Gasteiger charge is -2.23. The highest BCUT2D eigenvalue weighted by molar-refractivity contribution is 5.83. The largest absolute Gasteiger partial charge is 0.300 e. The molecule has 1 rings (SSSR count). The van der Waals surface area contributed by atoms with Gasteiger partial charge in [-0.3, -0.25) is 4.79 Å². The summed E-state index contributed by atoms with van der Waals surface area (Å²) in [5, 5.41) is 8.72. The van der Waals surface area contributed by atoms with E-state index in [1.165, 1.54) is 0 Å². The molecule has 0 aromatic heterocycles. The molecule has 1 aliphatic rings. The van der Waals surface area contributed by atoms with Gasteiger partial charge in [-0.15, -0.1) is 0 Å². The van der Waals surface area contributed by atoms with Gasteiger partial charge in [0.1, 0.15) is 5.92 Å². The zero-order valence-electron chi connectivity index (χ0n) is 8.29. The van der Waals surface area contributed by atoms with Crippen LogP contribution in [0.3, 0.4) is 0 Å². The first kappa shape index (κ1) is 10.2. The van der Waals surface area contributed by atoms with Crippen LogP contribution in [0.2, 0.25) is 0 Å². The first-order valence-electron chi connectivity index (χ1n) is 4.81. The maximum atomic E-state index is 11.4. The Labute approximate surface area is 79.3 Å². The second-order valence-corrected chi connectivity index (χ2v) is 3.82. The quantitative estimate of drug-likeness (QED) is 0.609. The van der Waals surface area contributed by atoms with Crippen molar-refractivity contribution in [3.05, 3.63) is 0 Å². The summed E-state index contributed by atoms with van der Waals surface area (Å²) in [5.41, 5.74) is 0. The average Bonchev–Trinajstić information content (AvgIpc) is 2.27. The molecule has 1 unspecified atom stereocenters. The number of carbonyl (C=O) groups excluding carboxylic acids is 1. The smallest absolute Gasteiger partial charge is 0.151 e. The standard InChI is InChI=1S/C10H16N2O/c1-8(2)12-5-3-9(7-11)10(13)4-6-12/h8-9H,3-6H2,1-2H3. The van der Waals surface area contributed by atoms with Crippen LogP contribution >= 0.6 is 0 Å². The van der Waals surface area contributed by atoms with Crippen molar-refractivity contribution in [2.75, 3.05) is 13.1 Å². The van der Waals surface area contributed by atoms with E-state index in [2.05, 4.69) is 24.8 Å². The van der Waals surface area contributed by atoms with E-state index in [1.54, 1.807) is 0 Å². The number of Topliss-reactive ketones (excluding diaryl/α,β-unsaturated/α-hetero) is 1. The molecule has 3 nitrogen and oxygen atoms in total. The van der Waals surface area contributed by atoms with Gasteiger partial charge in [0.05, 0.1) is 6.07 Å². The Hall–Kier alpha value is -0.880. The molecule has 1 saturated heterocycles. The SMILES string of the molecule is CC(C)N1CCC(=O)C(C#N)CC1. The molecule has 0 aliphatic carbocycles. The minimum absolute atomic E-state index is 0.116. The van der Waals surface area contributed by atoms with Gasteiger partial charge in [0.15, 0.2) is 5.78 Å². The van der Waals surface area contributed by atoms with Crippen LogP contribution in [0.5, 0.6) is 0 Å². The number of likely N-dealkylation sites (tertiary alicyclic amines) is 1. The minimum atomic E-state index is -0.358. The molecule has 0 bridgehead atoms. The van der Waals surface area contributed by atoms with Crippen molar-refractivity contribution in [1.82, 2.24) is 4.90 Å². The van der Waals surface area contributed by atoms with Crippen LogP contribution in [0.1, 0.15) is 26.7 Å². The molecule has 0 aromatic carbocycles. The molecule has 0 N–H and O–H groups in total. The summed E-state index contributed by atoms with van der Waals surface area (Å²) in [7, 11) is 0. The summed E-state index contributed by atoms with van der Waals surface area (Å²) >= 11 is 0. The monoisotopic (exact) mass is 180 g/mol. The summed E-state index contributed by atoms with van der Waals surface area (Å²) in [4.78, 5) is 13.6. The van der Waals surface area contributed by atoms with Gasteiger partial charge in [-0.1, -0.05) is 0 Å². The van der Waals surface area contributed by atoms with Crippen LogP contribution in [0.25, 0.3) is 0 Å². The molecule has 0 amide bonds. The molecule has 1 atom stereocenters. The van der Waals surface area contributed by atoms with Crippen LogP contribution in [0.4, 0.5) is 0 Å². The first-order valence-corrected chi connectivity index (χ1v) is 4.81. The fraction of sp³-hybridized carbons (Fsp3) is 0.800. The second kappa shape index (κ2) is 4.38. The van der Waals surface area contributed by atoms with Gasteiger partial charge in [0.2, 0.25) is 0 Å². The van der Waals surface area contributed by atoms with Gasteiger partial charge in [0.25, 0.3) is 0 Å². The van der Waals surface area contributed by atoms with Crippen LogP contribution in [-0.4, -0.2) is 29.8 Å². The van der Waals surface area contributed by atoms with Gasteiger partial charge in [-0.25, -0.2) is 0 Å². The Morgan fingerprint density at radius 1 is 1.54 bits per heavy atom. The molecule has 3 heteroatoms. The van der Waals surface area contributed by atoms with Crippen LogP contribution in [-0.2, 0) is 4.79 Å². The van der Waals surface area contributed by atoms with Crippen molar-refractivity contribution < 1.29 is 4.79 Å². The zero-order chi connectivity index (χ0) is 9.84. The molecule has 13 heavy (non-hydrogen) atoms. The lowest BCUT2D eigenvalue weighted by atomic mass is 10.0. The number of nitrogens with zero attached hydrogens (tertiary/aromatic N) is 2. The molecule has 72 valence electrons. The normalized spacial score (nSPS) is 25.7. The molecule has 0 aromatic rings. The number of carbonyl (C=O) groups is 1. The van der Waals surface area contributed by atoms with E-state index in [9.17, 15) is 4.79 Å². The van der Waals surface area contributed by atoms with Crippen LogP contribution in [0, 0.1) is 17.2 Å². The Balaban J connectivity index is 2.58. The molecular formula is C10H16N2O. The van der Waals surface area contributed by atoms with E-state index in [0.717, 1.165) is 13.1 Å². The Kier molecular flexibility index (Phi) is 3.44. The molecule has 0 spiro atoms. The fourth-order valence-electron chi connectivity index (χ4n) is 1.65. The molecule has 1 heterocycles. The number of hydrogen-bond donors (Lipinski definition) is 0. The number of ketones is 1. The summed E-state index contributed by atoms with van der Waals surface area (Å²) in [5.74, 6) is -0.241. The number of nitriles is 1. The maximum absolute atomic E-state index is 11.4. The van der Waals surface area contributed by atoms with E-state index >= 15 is 0 Å². The van der Waals surface area contributed by atoms with E-state index < -0.39 is 0 Å². The van der Waals surface area contributed by atoms with E-state index in [4.69, 9.17) is 5.26 Å². The van der Waals surface area contributed by atoms with Crippen molar-refractivity contribution in [1.29, 1.82) is 5.26 Å². The maximum Gasteiger partial charge on any atom is 0.151 e. The summed E-state index contributed by atoms with van der Waals surface area (Å²) in [6.45, 7) is 5.94. The predicted octanol–water partition coefficient (Wildman–Crippen LogP) is 1.20. The molecule has 0 saturated carbocycles. The summed E-state index contributed by atoms with van der Waals surface area (Å²) < 4.78 is 0. The predicted molar refractivity (Wildman–Crippen MR) is 50.1 cm³/mol. The fourth-order valence-corrected chi connectivity index (χ4v) is 1.65. The number of hydrogen-bond acceptors (Lipinski definition) is 3. The molecular weight excluding hydrogens is 164 g/mol. The van der Waals surface area contributed by atoms with Crippen molar-refractivity contribution >= 4 is 5.78 Å². The Bertz CT molecular complexity index is 230. The van der Waals surface area contributed by atoms with Gasteiger partial charge < -0.3 is 4.90 Å². The zero-order valence-corrected chi connectivity index (χ0v) is 8.29. The molecule has 1 fully saturated rings.